The van der Waals surface area contributed by atoms with Crippen molar-refractivity contribution in [2.24, 2.45) is 0 Å². The maximum absolute atomic E-state index is 9.33. The first-order valence-corrected chi connectivity index (χ1v) is 1.80. The smallest absolute Gasteiger partial charge is 0.201 e. The summed E-state index contributed by atoms with van der Waals surface area (Å²) in [6, 6.07) is 0. The Morgan fingerprint density at radius 3 is 2.50 bits per heavy atom. The molecule has 0 heterocycles. The summed E-state index contributed by atoms with van der Waals surface area (Å²) in [5.41, 5.74) is 0. The molecule has 0 amide bonds. The van der Waals surface area contributed by atoms with Crippen LogP contribution >= 0.6 is 0 Å². The fourth-order valence-electron chi connectivity index (χ4n) is 0.121. The Hall–Kier alpha value is -0.370. The van der Waals surface area contributed by atoms with Crippen LogP contribution in [0, 0.1) is 0 Å². The predicted octanol–water partition coefficient (Wildman–Crippen LogP) is -0.133. The summed E-state index contributed by atoms with van der Waals surface area (Å²) in [6.07, 6.45) is 1.17. The first-order valence-electron chi connectivity index (χ1n) is 1.80. The van der Waals surface area contributed by atoms with Gasteiger partial charge in [0, 0.05) is 6.42 Å². The summed E-state index contributed by atoms with van der Waals surface area (Å²) in [7, 11) is 0. The van der Waals surface area contributed by atoms with E-state index in [2.05, 4.69) is 0 Å². The van der Waals surface area contributed by atoms with Crippen LogP contribution in [0.1, 0.15) is 13.3 Å². The Morgan fingerprint density at radius 1 is 2.00 bits per heavy atom. The van der Waals surface area contributed by atoms with Gasteiger partial charge in [-0.2, -0.15) is 0 Å². The predicted molar refractivity (Wildman–Crippen MR) is 22.0 cm³/mol. The summed E-state index contributed by atoms with van der Waals surface area (Å²) < 4.78 is 0. The maximum atomic E-state index is 9.33. The van der Waals surface area contributed by atoms with E-state index in [4.69, 9.17) is 5.11 Å². The molecule has 0 rings (SSSR count). The van der Waals surface area contributed by atoms with Crippen molar-refractivity contribution in [2.75, 3.05) is 0 Å². The molecule has 1 atom stereocenters. The Bertz CT molecular complexity index is 40.8. The lowest BCUT2D eigenvalue weighted by Crippen LogP contribution is -1.97. The van der Waals surface area contributed by atoms with E-state index in [1.54, 1.807) is 13.2 Å². The molecule has 0 aliphatic heterocycles. The average molecular weight is 87.1 g/mol. The van der Waals surface area contributed by atoms with E-state index < -0.39 is 6.10 Å². The second-order valence-corrected chi connectivity index (χ2v) is 1.20. The molecule has 0 aliphatic rings. The fourth-order valence-corrected chi connectivity index (χ4v) is 0.121. The van der Waals surface area contributed by atoms with Crippen LogP contribution in [0.2, 0.25) is 0 Å². The van der Waals surface area contributed by atoms with Crippen LogP contribution < -0.4 is 0 Å². The van der Waals surface area contributed by atoms with Crippen LogP contribution in [0.5, 0.6) is 0 Å². The van der Waals surface area contributed by atoms with Gasteiger partial charge in [-0.1, -0.05) is 0 Å². The van der Waals surface area contributed by atoms with Gasteiger partial charge in [0.1, 0.15) is 0 Å². The van der Waals surface area contributed by atoms with Crippen molar-refractivity contribution in [3.05, 3.63) is 0 Å². The molecule has 0 aromatic heterocycles. The first-order chi connectivity index (χ1) is 2.77. The van der Waals surface area contributed by atoms with Crippen molar-refractivity contribution in [2.45, 2.75) is 19.4 Å². The van der Waals surface area contributed by atoms with Crippen molar-refractivity contribution in [3.63, 3.8) is 0 Å². The fraction of sp³-hybridized carbons (Fsp3) is 0.750. The zero-order chi connectivity index (χ0) is 4.99. The molecule has 6 heavy (non-hydrogen) atoms. The van der Waals surface area contributed by atoms with Crippen LogP contribution in [0.15, 0.2) is 0 Å². The third kappa shape index (κ3) is 3.63. The van der Waals surface area contributed by atoms with Gasteiger partial charge in [-0.3, -0.25) is 4.79 Å². The molecule has 2 heteroatoms. The zero-order valence-corrected chi connectivity index (χ0v) is 3.64. The number of rotatable bonds is 2. The standard InChI is InChI=1S/C4H7O2/c1-4(6)2-3-5/h4,6H,2H2,1H3/t4-/m1/s1. The summed E-state index contributed by atoms with van der Waals surface area (Å²) in [5.74, 6) is 0. The molecular weight excluding hydrogens is 80.0 g/mol. The Kier molecular flexibility index (Phi) is 2.67. The van der Waals surface area contributed by atoms with Gasteiger partial charge >= 0.3 is 0 Å². The van der Waals surface area contributed by atoms with Gasteiger partial charge in [0.2, 0.25) is 6.29 Å². The van der Waals surface area contributed by atoms with Crippen LogP contribution in [0.3, 0.4) is 0 Å². The Balaban J connectivity index is 2.81. The summed E-state index contributed by atoms with van der Waals surface area (Å²) in [4.78, 5) is 9.33. The average Bonchev–Trinajstić information content (AvgIpc) is 1.35. The third-order valence-corrected chi connectivity index (χ3v) is 0.379. The van der Waals surface area contributed by atoms with Gasteiger partial charge in [0.05, 0.1) is 6.10 Å². The van der Waals surface area contributed by atoms with E-state index >= 15 is 0 Å². The highest BCUT2D eigenvalue weighted by atomic mass is 16.3. The summed E-state index contributed by atoms with van der Waals surface area (Å²) >= 11 is 0. The van der Waals surface area contributed by atoms with Gasteiger partial charge in [0.25, 0.3) is 0 Å². The molecule has 0 fully saturated rings. The molecule has 0 aromatic rings. The topological polar surface area (TPSA) is 37.3 Å². The second-order valence-electron chi connectivity index (χ2n) is 1.20. The Morgan fingerprint density at radius 2 is 2.50 bits per heavy atom. The number of aliphatic hydroxyl groups is 1. The van der Waals surface area contributed by atoms with Crippen molar-refractivity contribution in [1.29, 1.82) is 0 Å². The van der Waals surface area contributed by atoms with Crippen LogP contribution in [-0.4, -0.2) is 17.5 Å². The number of hydrogen-bond donors (Lipinski definition) is 1. The van der Waals surface area contributed by atoms with Crippen molar-refractivity contribution >= 4 is 6.29 Å². The Labute approximate surface area is 36.8 Å². The van der Waals surface area contributed by atoms with E-state index in [1.165, 1.54) is 0 Å². The second kappa shape index (κ2) is 2.85. The van der Waals surface area contributed by atoms with Gasteiger partial charge < -0.3 is 5.11 Å². The van der Waals surface area contributed by atoms with Crippen LogP contribution in [-0.2, 0) is 4.79 Å². The quantitative estimate of drug-likeness (QED) is 0.509. The van der Waals surface area contributed by atoms with E-state index in [0.717, 1.165) is 0 Å². The molecule has 0 spiro atoms. The molecule has 0 saturated heterocycles. The van der Waals surface area contributed by atoms with Gasteiger partial charge in [-0.05, 0) is 6.92 Å². The lowest BCUT2D eigenvalue weighted by molar-refractivity contribution is 0.202. The van der Waals surface area contributed by atoms with Crippen LogP contribution in [0.4, 0.5) is 0 Å². The normalized spacial score (nSPS) is 13.7. The van der Waals surface area contributed by atoms with Gasteiger partial charge in [-0.15, -0.1) is 0 Å². The molecule has 1 N–H and O–H groups in total. The third-order valence-electron chi connectivity index (χ3n) is 0.379. The van der Waals surface area contributed by atoms with E-state index in [9.17, 15) is 4.79 Å². The lowest BCUT2D eigenvalue weighted by atomic mass is 10.3. The molecule has 2 nitrogen and oxygen atoms in total. The minimum Gasteiger partial charge on any atom is -0.393 e. The lowest BCUT2D eigenvalue weighted by Gasteiger charge is -1.89. The van der Waals surface area contributed by atoms with Crippen molar-refractivity contribution < 1.29 is 9.90 Å². The SMILES string of the molecule is C[C@@H](O)C[C]=O. The summed E-state index contributed by atoms with van der Waals surface area (Å²) in [5, 5.41) is 8.29. The zero-order valence-electron chi connectivity index (χ0n) is 3.64. The van der Waals surface area contributed by atoms with Crippen LogP contribution in [0.25, 0.3) is 0 Å². The molecule has 0 saturated carbocycles. The molecular formula is C4H7O2. The highest BCUT2D eigenvalue weighted by Gasteiger charge is 1.89. The van der Waals surface area contributed by atoms with E-state index in [-0.39, 0.29) is 6.42 Å². The molecule has 0 aromatic carbocycles. The van der Waals surface area contributed by atoms with Crippen molar-refractivity contribution in [1.82, 2.24) is 0 Å². The number of carbonyl (C=O) groups excluding carboxylic acids is 1. The highest BCUT2D eigenvalue weighted by molar-refractivity contribution is 5.50. The molecule has 1 radical (unpaired) electrons. The van der Waals surface area contributed by atoms with Gasteiger partial charge in [-0.25, -0.2) is 0 Å². The molecule has 0 unspecified atom stereocenters. The largest absolute Gasteiger partial charge is 0.393 e. The minimum atomic E-state index is -0.525. The first kappa shape index (κ1) is 5.63. The number of aliphatic hydroxyl groups excluding tert-OH is 1. The highest BCUT2D eigenvalue weighted by Crippen LogP contribution is 1.80. The van der Waals surface area contributed by atoms with E-state index in [0.29, 0.717) is 0 Å². The van der Waals surface area contributed by atoms with Gasteiger partial charge in [0.15, 0.2) is 0 Å². The maximum Gasteiger partial charge on any atom is 0.201 e. The molecule has 35 valence electrons. The molecule has 0 aliphatic carbocycles. The molecule has 0 bridgehead atoms. The summed E-state index contributed by atoms with van der Waals surface area (Å²) in [6.45, 7) is 1.55. The van der Waals surface area contributed by atoms with E-state index in [1.807, 2.05) is 0 Å². The monoisotopic (exact) mass is 87.0 g/mol. The number of hydrogen-bond acceptors (Lipinski definition) is 2. The minimum absolute atomic E-state index is 0.125. The van der Waals surface area contributed by atoms with Crippen molar-refractivity contribution in [3.8, 4) is 0 Å².